The van der Waals surface area contributed by atoms with Gasteiger partial charge in [0.1, 0.15) is 30.0 Å². The maximum atomic E-state index is 12.8. The number of para-hydroxylation sites is 2. The Morgan fingerprint density at radius 1 is 0.562 bits per heavy atom. The number of likely N-dealkylation sites (N-methyl/N-ethyl adjacent to an activating group) is 2. The highest BCUT2D eigenvalue weighted by Gasteiger charge is 2.31. The van der Waals surface area contributed by atoms with Crippen molar-refractivity contribution in [3.63, 3.8) is 0 Å². The third-order valence-corrected chi connectivity index (χ3v) is 19.0. The number of halogens is 2. The lowest BCUT2D eigenvalue weighted by Crippen LogP contribution is -2.52. The average Bonchev–Trinajstić information content (AvgIpc) is 3.43. The van der Waals surface area contributed by atoms with Gasteiger partial charge in [-0.3, -0.25) is 19.9 Å². The van der Waals surface area contributed by atoms with E-state index in [1.165, 1.54) is 12.3 Å². The van der Waals surface area contributed by atoms with Crippen molar-refractivity contribution in [3.8, 4) is 0 Å². The molecule has 0 spiro atoms. The molecule has 0 atom stereocenters. The van der Waals surface area contributed by atoms with Gasteiger partial charge in [0, 0.05) is 119 Å². The Morgan fingerprint density at radius 2 is 0.963 bits per heavy atom. The summed E-state index contributed by atoms with van der Waals surface area (Å²) in [6, 6.07) is 27.1. The number of nitrogens with zero attached hydrogens (tertiary/aromatic N) is 11. The molecule has 0 saturated carbocycles. The van der Waals surface area contributed by atoms with Crippen LogP contribution in [-0.2, 0) is 9.13 Å². The second-order valence-corrected chi connectivity index (χ2v) is 29.0. The molecule has 6 aromatic rings. The molecule has 6 heterocycles. The standard InChI is InChI=1S/C28H36ClN8O3P.C28H38ClN8OP/c1-34-14-16-35(17-15-34)21-10-12-36(13-11-21)24-9-8-20(18-25(24)37(38)39)31-28-30-19-22(29)27(33-28)32-23-6-4-5-7-26(23)41(2,3)40;1-35-14-16-36(17-15-35)21-10-12-37(13-11-21)25-9-8-20(18-23(25)30)32-28-31-19-22(29)27(34-28)33-24-6-4-5-7-26(24)39(2,3)38/h4-9,18-19,21H,10-17H2,1-3H3,(H2,30,31,32,33);4-9,18-19,21H,10-17,30H2,1-3H3,(H2,31,32,33,34). The van der Waals surface area contributed by atoms with Gasteiger partial charge in [0.15, 0.2) is 11.6 Å². The van der Waals surface area contributed by atoms with Crippen LogP contribution >= 0.6 is 37.5 Å². The minimum absolute atomic E-state index is 0.0379. The van der Waals surface area contributed by atoms with Crippen molar-refractivity contribution in [1.29, 1.82) is 0 Å². The molecule has 24 heteroatoms. The van der Waals surface area contributed by atoms with Crippen molar-refractivity contribution in [2.24, 2.45) is 0 Å². The number of nitrogens with one attached hydrogen (secondary N) is 4. The van der Waals surface area contributed by atoms with Crippen molar-refractivity contribution in [2.45, 2.75) is 37.8 Å². The summed E-state index contributed by atoms with van der Waals surface area (Å²) >= 11 is 12.8. The van der Waals surface area contributed by atoms with Gasteiger partial charge in [0.25, 0.3) is 5.69 Å². The lowest BCUT2D eigenvalue weighted by Gasteiger charge is -2.42. The number of nitrogens with two attached hydrogens (primary N) is 1. The number of nitro groups is 1. The number of nitro benzene ring substituents is 1. The number of piperidine rings is 2. The van der Waals surface area contributed by atoms with Gasteiger partial charge in [0.2, 0.25) is 11.9 Å². The van der Waals surface area contributed by atoms with Gasteiger partial charge in [-0.15, -0.1) is 0 Å². The molecule has 4 aliphatic rings. The Morgan fingerprint density at radius 3 is 1.38 bits per heavy atom. The van der Waals surface area contributed by atoms with Crippen LogP contribution < -0.4 is 47.4 Å². The van der Waals surface area contributed by atoms with E-state index in [9.17, 15) is 19.2 Å². The van der Waals surface area contributed by atoms with Crippen LogP contribution in [-0.4, -0.2) is 176 Å². The fraction of sp³-hybridized carbons (Fsp3) is 0.429. The molecule has 4 fully saturated rings. The number of rotatable bonds is 15. The number of hydrogen-bond donors (Lipinski definition) is 5. The second kappa shape index (κ2) is 25.8. The van der Waals surface area contributed by atoms with Gasteiger partial charge in [0.05, 0.1) is 40.1 Å². The fourth-order valence-electron chi connectivity index (χ4n) is 10.9. The van der Waals surface area contributed by atoms with Gasteiger partial charge >= 0.3 is 0 Å². The van der Waals surface area contributed by atoms with E-state index in [1.807, 2.05) is 60.7 Å². The molecular formula is C56H74Cl2N16O4P2. The topological polar surface area (TPSA) is 222 Å². The van der Waals surface area contributed by atoms with E-state index in [2.05, 4.69) is 90.8 Å². The number of nitrogen functional groups attached to an aromatic ring is 1. The van der Waals surface area contributed by atoms with Crippen LogP contribution in [0.15, 0.2) is 97.3 Å². The van der Waals surface area contributed by atoms with E-state index < -0.39 is 14.3 Å². The predicted molar refractivity (Wildman–Crippen MR) is 331 cm³/mol. The molecule has 20 nitrogen and oxygen atoms in total. The van der Waals surface area contributed by atoms with Crippen molar-refractivity contribution >= 4 is 117 Å². The van der Waals surface area contributed by atoms with Crippen LogP contribution in [0, 0.1) is 10.1 Å². The van der Waals surface area contributed by atoms with E-state index in [0.29, 0.717) is 62.7 Å². The van der Waals surface area contributed by atoms with Crippen LogP contribution in [0.25, 0.3) is 0 Å². The van der Waals surface area contributed by atoms with Gasteiger partial charge < -0.3 is 55.7 Å². The molecule has 0 bridgehead atoms. The zero-order valence-electron chi connectivity index (χ0n) is 46.5. The summed E-state index contributed by atoms with van der Waals surface area (Å²) in [6.07, 6.45) is 7.29. The number of hydrogen-bond acceptors (Lipinski definition) is 19. The first-order valence-corrected chi connectivity index (χ1v) is 33.2. The Labute approximate surface area is 479 Å². The zero-order valence-corrected chi connectivity index (χ0v) is 49.8. The molecule has 4 saturated heterocycles. The third-order valence-electron chi connectivity index (χ3n) is 15.4. The molecule has 4 aliphatic heterocycles. The van der Waals surface area contributed by atoms with Gasteiger partial charge in [-0.05, 0) is 121 Å². The lowest BCUT2D eigenvalue weighted by molar-refractivity contribution is -0.384. The highest BCUT2D eigenvalue weighted by atomic mass is 35.5. The van der Waals surface area contributed by atoms with Crippen LogP contribution in [0.3, 0.4) is 0 Å². The number of piperazine rings is 2. The lowest BCUT2D eigenvalue weighted by atomic mass is 10.0. The van der Waals surface area contributed by atoms with E-state index in [4.69, 9.17) is 28.9 Å². The van der Waals surface area contributed by atoms with E-state index in [-0.39, 0.29) is 21.6 Å². The molecule has 6 N–H and O–H groups in total. The monoisotopic (exact) mass is 1170 g/mol. The molecule has 0 aliphatic carbocycles. The van der Waals surface area contributed by atoms with Crippen LogP contribution in [0.4, 0.5) is 69.0 Å². The van der Waals surface area contributed by atoms with E-state index in [0.717, 1.165) is 127 Å². The summed E-state index contributed by atoms with van der Waals surface area (Å²) in [6.45, 7) is 19.4. The first-order chi connectivity index (χ1) is 38.2. The molecular weight excluding hydrogens is 1090 g/mol. The van der Waals surface area contributed by atoms with Crippen molar-refractivity contribution < 1.29 is 14.1 Å². The minimum Gasteiger partial charge on any atom is -0.397 e. The summed E-state index contributed by atoms with van der Waals surface area (Å²) in [5.74, 6) is 1.37. The quantitative estimate of drug-likeness (QED) is 0.0279. The largest absolute Gasteiger partial charge is 0.397 e. The SMILES string of the molecule is CN1CCN(C2CCN(c3ccc(Nc4ncc(Cl)c(Nc5ccccc5P(C)(C)=O)n4)cc3N)CC2)CC1.CN1CCN(C2CCN(c3ccc(Nc4ncc(Cl)c(Nc5ccccc5P(C)(C)=O)n4)cc3[N+](=O)[O-])CC2)CC1. The summed E-state index contributed by atoms with van der Waals surface area (Å²) in [7, 11) is -0.693. The molecule has 4 aromatic carbocycles. The molecule has 0 amide bonds. The number of aromatic nitrogens is 4. The Balaban J connectivity index is 0.000000194. The zero-order chi connectivity index (χ0) is 56.7. The van der Waals surface area contributed by atoms with Crippen molar-refractivity contribution in [1.82, 2.24) is 39.5 Å². The second-order valence-electron chi connectivity index (χ2n) is 21.9. The van der Waals surface area contributed by atoms with Crippen molar-refractivity contribution in [3.05, 3.63) is 117 Å². The molecule has 426 valence electrons. The smallest absolute Gasteiger partial charge is 0.294 e. The van der Waals surface area contributed by atoms with Gasteiger partial charge in [-0.1, -0.05) is 47.5 Å². The molecule has 2 aromatic heterocycles. The maximum Gasteiger partial charge on any atom is 0.294 e. The van der Waals surface area contributed by atoms with E-state index in [1.54, 1.807) is 45.0 Å². The summed E-state index contributed by atoms with van der Waals surface area (Å²) in [5.41, 5.74) is 11.6. The Kier molecular flexibility index (Phi) is 18.9. The first kappa shape index (κ1) is 58.6. The van der Waals surface area contributed by atoms with Crippen molar-refractivity contribution in [2.75, 3.05) is 156 Å². The Bertz CT molecular complexity index is 3230. The summed E-state index contributed by atoms with van der Waals surface area (Å²) in [5, 5.41) is 26.9. The third kappa shape index (κ3) is 14.9. The first-order valence-electron chi connectivity index (χ1n) is 27.2. The normalized spacial score (nSPS) is 17.6. The molecule has 0 unspecified atom stereocenters. The van der Waals surface area contributed by atoms with Gasteiger partial charge in [-0.2, -0.15) is 9.97 Å². The summed E-state index contributed by atoms with van der Waals surface area (Å²) in [4.78, 5) is 43.9. The molecule has 10 rings (SSSR count). The maximum absolute atomic E-state index is 12.8. The number of anilines is 11. The van der Waals surface area contributed by atoms with Crippen LogP contribution in [0.2, 0.25) is 10.0 Å². The van der Waals surface area contributed by atoms with E-state index >= 15 is 0 Å². The fourth-order valence-corrected chi connectivity index (χ4v) is 13.5. The summed E-state index contributed by atoms with van der Waals surface area (Å²) < 4.78 is 25.5. The van der Waals surface area contributed by atoms with Crippen LogP contribution in [0.5, 0.6) is 0 Å². The average molecular weight is 1170 g/mol. The highest BCUT2D eigenvalue weighted by Crippen LogP contribution is 2.41. The van der Waals surface area contributed by atoms with Crippen LogP contribution in [0.1, 0.15) is 25.7 Å². The van der Waals surface area contributed by atoms with Gasteiger partial charge in [-0.25, -0.2) is 9.97 Å². The Hall–Kier alpha value is -6.08. The number of benzene rings is 4. The minimum atomic E-state index is -2.56. The molecule has 80 heavy (non-hydrogen) atoms. The highest BCUT2D eigenvalue weighted by molar-refractivity contribution is 7.70. The molecule has 0 radical (unpaired) electrons. The predicted octanol–water partition coefficient (Wildman–Crippen LogP) is 9.65.